The largest absolute Gasteiger partial charge is 0.462 e. The van der Waals surface area contributed by atoms with Crippen molar-refractivity contribution in [2.24, 2.45) is 0 Å². The summed E-state index contributed by atoms with van der Waals surface area (Å²) < 4.78 is 31.0. The summed E-state index contributed by atoms with van der Waals surface area (Å²) in [5, 5.41) is 0. The molecule has 1 aromatic heterocycles. The van der Waals surface area contributed by atoms with E-state index in [-0.39, 0.29) is 18.1 Å². The van der Waals surface area contributed by atoms with Gasteiger partial charge in [0.25, 0.3) is 0 Å². The Morgan fingerprint density at radius 1 is 1.21 bits per heavy atom. The number of benzene rings is 1. The third-order valence-corrected chi connectivity index (χ3v) is 3.53. The van der Waals surface area contributed by atoms with Crippen molar-refractivity contribution in [2.45, 2.75) is 20.8 Å². The van der Waals surface area contributed by atoms with Crippen molar-refractivity contribution in [3.8, 4) is 0 Å². The number of nitrogens with one attached hydrogen (secondary N) is 1. The van der Waals surface area contributed by atoms with E-state index in [1.807, 2.05) is 0 Å². The van der Waals surface area contributed by atoms with Crippen LogP contribution in [0.25, 0.3) is 6.08 Å². The Morgan fingerprint density at radius 2 is 1.92 bits per heavy atom. The van der Waals surface area contributed by atoms with Gasteiger partial charge in [0.05, 0.1) is 17.9 Å². The molecule has 0 amide bonds. The van der Waals surface area contributed by atoms with Crippen LogP contribution >= 0.6 is 0 Å². The first-order valence-electron chi connectivity index (χ1n) is 7.38. The molecule has 0 fully saturated rings. The molecule has 4 nitrogen and oxygen atoms in total. The molecular weight excluding hydrogens is 316 g/mol. The van der Waals surface area contributed by atoms with Crippen LogP contribution in [0.5, 0.6) is 0 Å². The number of aromatic nitrogens is 1. The highest BCUT2D eigenvalue weighted by atomic mass is 19.2. The van der Waals surface area contributed by atoms with Crippen LogP contribution in [0.3, 0.4) is 0 Å². The normalized spacial score (nSPS) is 11.0. The minimum atomic E-state index is -0.985. The molecule has 0 unspecified atom stereocenters. The molecule has 1 aromatic carbocycles. The predicted octanol–water partition coefficient (Wildman–Crippen LogP) is 3.98. The second kappa shape index (κ2) is 7.21. The van der Waals surface area contributed by atoms with E-state index in [4.69, 9.17) is 4.74 Å². The Balaban J connectivity index is 2.27. The summed E-state index contributed by atoms with van der Waals surface area (Å²) in [5.74, 6) is -2.81. The molecule has 0 spiro atoms. The number of aromatic amines is 1. The maximum atomic E-state index is 13.2. The van der Waals surface area contributed by atoms with Crippen molar-refractivity contribution in [1.29, 1.82) is 0 Å². The number of carbonyl (C=O) groups excluding carboxylic acids is 2. The predicted molar refractivity (Wildman–Crippen MR) is 85.9 cm³/mol. The van der Waals surface area contributed by atoms with Crippen LogP contribution < -0.4 is 0 Å². The maximum Gasteiger partial charge on any atom is 0.340 e. The molecule has 0 bridgehead atoms. The van der Waals surface area contributed by atoms with Gasteiger partial charge in [-0.25, -0.2) is 13.6 Å². The minimum Gasteiger partial charge on any atom is -0.462 e. The highest BCUT2D eigenvalue weighted by Crippen LogP contribution is 2.20. The molecule has 0 aliphatic carbocycles. The maximum absolute atomic E-state index is 13.2. The van der Waals surface area contributed by atoms with E-state index in [1.165, 1.54) is 18.2 Å². The van der Waals surface area contributed by atoms with Gasteiger partial charge >= 0.3 is 5.97 Å². The zero-order chi connectivity index (χ0) is 17.9. The summed E-state index contributed by atoms with van der Waals surface area (Å²) in [4.78, 5) is 27.1. The molecule has 6 heteroatoms. The monoisotopic (exact) mass is 333 g/mol. The van der Waals surface area contributed by atoms with Gasteiger partial charge in [0, 0.05) is 5.69 Å². The van der Waals surface area contributed by atoms with Crippen LogP contribution in [0, 0.1) is 25.5 Å². The summed E-state index contributed by atoms with van der Waals surface area (Å²) in [5.41, 5.74) is 1.98. The van der Waals surface area contributed by atoms with E-state index in [9.17, 15) is 18.4 Å². The van der Waals surface area contributed by atoms with Crippen molar-refractivity contribution < 1.29 is 23.1 Å². The van der Waals surface area contributed by atoms with E-state index >= 15 is 0 Å². The number of carbonyl (C=O) groups is 2. The summed E-state index contributed by atoms with van der Waals surface area (Å²) in [6, 6.07) is 3.34. The first-order chi connectivity index (χ1) is 11.3. The molecule has 2 rings (SSSR count). The van der Waals surface area contributed by atoms with E-state index in [0.29, 0.717) is 22.4 Å². The number of rotatable bonds is 5. The Labute approximate surface area is 138 Å². The number of ketones is 1. The molecular formula is C18H17F2NO3. The molecule has 0 saturated heterocycles. The van der Waals surface area contributed by atoms with E-state index in [2.05, 4.69) is 4.98 Å². The van der Waals surface area contributed by atoms with Crippen molar-refractivity contribution in [1.82, 2.24) is 4.98 Å². The van der Waals surface area contributed by atoms with Crippen molar-refractivity contribution in [2.75, 3.05) is 6.61 Å². The molecule has 24 heavy (non-hydrogen) atoms. The second-order valence-corrected chi connectivity index (χ2v) is 5.22. The fraction of sp³-hybridized carbons (Fsp3) is 0.222. The number of hydrogen-bond donors (Lipinski definition) is 1. The van der Waals surface area contributed by atoms with Crippen LogP contribution in [0.4, 0.5) is 8.78 Å². The quantitative estimate of drug-likeness (QED) is 0.511. The SMILES string of the molecule is CCOC(=O)c1c(C)[nH]c(C(=O)/C=C/c2ccc(F)c(F)c2)c1C. The summed E-state index contributed by atoms with van der Waals surface area (Å²) >= 11 is 0. The molecule has 2 aromatic rings. The van der Waals surface area contributed by atoms with Crippen molar-refractivity contribution in [3.63, 3.8) is 0 Å². The third-order valence-electron chi connectivity index (χ3n) is 3.53. The lowest BCUT2D eigenvalue weighted by atomic mass is 10.1. The van der Waals surface area contributed by atoms with Crippen LogP contribution in [-0.2, 0) is 4.74 Å². The number of aryl methyl sites for hydroxylation is 1. The third kappa shape index (κ3) is 3.59. The standard InChI is InChI=1S/C18H17F2NO3/c1-4-24-18(23)16-10(2)17(21-11(16)3)15(22)8-6-12-5-7-13(19)14(20)9-12/h5-9,21H,4H2,1-3H3/b8-6+. The Kier molecular flexibility index (Phi) is 5.28. The van der Waals surface area contributed by atoms with Crippen molar-refractivity contribution in [3.05, 3.63) is 64.0 Å². The van der Waals surface area contributed by atoms with Crippen molar-refractivity contribution >= 4 is 17.8 Å². The first kappa shape index (κ1) is 17.6. The van der Waals surface area contributed by atoms with Crippen LogP contribution in [0.2, 0.25) is 0 Å². The zero-order valence-electron chi connectivity index (χ0n) is 13.6. The molecule has 0 aliphatic rings. The molecule has 0 atom stereocenters. The molecule has 1 heterocycles. The molecule has 1 N–H and O–H groups in total. The average Bonchev–Trinajstić information content (AvgIpc) is 2.83. The summed E-state index contributed by atoms with van der Waals surface area (Å²) in [7, 11) is 0. The van der Waals surface area contributed by atoms with Gasteiger partial charge in [0.2, 0.25) is 5.78 Å². The number of H-pyrrole nitrogens is 1. The lowest BCUT2D eigenvalue weighted by Gasteiger charge is -2.02. The number of esters is 1. The molecule has 0 aliphatic heterocycles. The minimum absolute atomic E-state index is 0.238. The van der Waals surface area contributed by atoms with Gasteiger partial charge in [-0.2, -0.15) is 0 Å². The zero-order valence-corrected chi connectivity index (χ0v) is 13.6. The van der Waals surface area contributed by atoms with Gasteiger partial charge in [0.15, 0.2) is 11.6 Å². The van der Waals surface area contributed by atoms with E-state index < -0.39 is 17.6 Å². The fourth-order valence-electron chi connectivity index (χ4n) is 2.38. The number of halogens is 2. The van der Waals surface area contributed by atoms with Crippen LogP contribution in [0.1, 0.15) is 44.6 Å². The van der Waals surface area contributed by atoms with Gasteiger partial charge in [-0.05, 0) is 50.1 Å². The van der Waals surface area contributed by atoms with Gasteiger partial charge < -0.3 is 9.72 Å². The fourth-order valence-corrected chi connectivity index (χ4v) is 2.38. The van der Waals surface area contributed by atoms with Gasteiger partial charge in [-0.3, -0.25) is 4.79 Å². The summed E-state index contributed by atoms with van der Waals surface area (Å²) in [6.45, 7) is 5.26. The Morgan fingerprint density at radius 3 is 2.54 bits per heavy atom. The molecule has 0 saturated carbocycles. The second-order valence-electron chi connectivity index (χ2n) is 5.22. The first-order valence-corrected chi connectivity index (χ1v) is 7.38. The molecule has 0 radical (unpaired) electrons. The van der Waals surface area contributed by atoms with Crippen LogP contribution in [0.15, 0.2) is 24.3 Å². The highest BCUT2D eigenvalue weighted by molar-refractivity contribution is 6.08. The average molecular weight is 333 g/mol. The highest BCUT2D eigenvalue weighted by Gasteiger charge is 2.21. The number of hydrogen-bond acceptors (Lipinski definition) is 3. The summed E-state index contributed by atoms with van der Waals surface area (Å²) in [6.07, 6.45) is 2.62. The van der Waals surface area contributed by atoms with Gasteiger partial charge in [-0.15, -0.1) is 0 Å². The Hall–Kier alpha value is -2.76. The topological polar surface area (TPSA) is 59.2 Å². The smallest absolute Gasteiger partial charge is 0.340 e. The Bertz CT molecular complexity index is 822. The van der Waals surface area contributed by atoms with E-state index in [1.54, 1.807) is 20.8 Å². The number of allylic oxidation sites excluding steroid dienone is 1. The van der Waals surface area contributed by atoms with Gasteiger partial charge in [-0.1, -0.05) is 12.1 Å². The van der Waals surface area contributed by atoms with Crippen LogP contribution in [-0.4, -0.2) is 23.3 Å². The van der Waals surface area contributed by atoms with E-state index in [0.717, 1.165) is 12.1 Å². The lowest BCUT2D eigenvalue weighted by Crippen LogP contribution is -2.07. The molecule has 126 valence electrons. The van der Waals surface area contributed by atoms with Gasteiger partial charge in [0.1, 0.15) is 0 Å². The lowest BCUT2D eigenvalue weighted by molar-refractivity contribution is 0.0525. The number of ether oxygens (including phenoxy) is 1.